The number of ether oxygens (including phenoxy) is 1. The van der Waals surface area contributed by atoms with E-state index in [4.69, 9.17) is 10.00 Å². The number of pyridine rings is 1. The third kappa shape index (κ3) is 2.63. The van der Waals surface area contributed by atoms with E-state index in [-0.39, 0.29) is 6.10 Å². The van der Waals surface area contributed by atoms with Gasteiger partial charge in [-0.15, -0.1) is 0 Å². The van der Waals surface area contributed by atoms with Crippen LogP contribution < -0.4 is 5.32 Å². The van der Waals surface area contributed by atoms with E-state index in [9.17, 15) is 0 Å². The van der Waals surface area contributed by atoms with Gasteiger partial charge in [-0.05, 0) is 18.6 Å². The fraction of sp³-hybridized carbons (Fsp3) is 0.357. The van der Waals surface area contributed by atoms with Gasteiger partial charge in [-0.25, -0.2) is 4.98 Å². The third-order valence-electron chi connectivity index (χ3n) is 3.50. The summed E-state index contributed by atoms with van der Waals surface area (Å²) in [5.41, 5.74) is 1.68. The summed E-state index contributed by atoms with van der Waals surface area (Å²) in [6, 6.07) is 5.55. The molecular weight excluding hydrogens is 254 g/mol. The van der Waals surface area contributed by atoms with Crippen LogP contribution in [0.3, 0.4) is 0 Å². The zero-order valence-electron chi connectivity index (χ0n) is 10.9. The van der Waals surface area contributed by atoms with Crippen molar-refractivity contribution in [1.29, 1.82) is 5.26 Å². The van der Waals surface area contributed by atoms with Gasteiger partial charge in [-0.3, -0.25) is 5.10 Å². The first-order valence-corrected chi connectivity index (χ1v) is 6.57. The van der Waals surface area contributed by atoms with Crippen LogP contribution >= 0.6 is 0 Å². The minimum absolute atomic E-state index is 0.0698. The Labute approximate surface area is 116 Å². The number of aromatic nitrogens is 3. The SMILES string of the molecule is N#Cc1ccnc(NC[C@H]2CCO[C@@H]2c2cn[nH]c2)c1. The van der Waals surface area contributed by atoms with Crippen LogP contribution in [0.1, 0.15) is 23.7 Å². The molecule has 0 amide bonds. The maximum absolute atomic E-state index is 8.87. The molecule has 3 rings (SSSR count). The van der Waals surface area contributed by atoms with Gasteiger partial charge >= 0.3 is 0 Å². The third-order valence-corrected chi connectivity index (χ3v) is 3.50. The molecule has 1 aliphatic heterocycles. The first kappa shape index (κ1) is 12.6. The molecule has 0 radical (unpaired) electrons. The first-order valence-electron chi connectivity index (χ1n) is 6.57. The summed E-state index contributed by atoms with van der Waals surface area (Å²) in [4.78, 5) is 4.21. The number of hydrogen-bond donors (Lipinski definition) is 2. The van der Waals surface area contributed by atoms with Gasteiger partial charge in [0.15, 0.2) is 0 Å². The Morgan fingerprint density at radius 1 is 1.55 bits per heavy atom. The second-order valence-electron chi connectivity index (χ2n) is 4.79. The second kappa shape index (κ2) is 5.72. The van der Waals surface area contributed by atoms with Crippen molar-refractivity contribution >= 4 is 5.82 Å². The van der Waals surface area contributed by atoms with E-state index in [0.29, 0.717) is 11.5 Å². The van der Waals surface area contributed by atoms with Crippen molar-refractivity contribution in [3.8, 4) is 6.07 Å². The molecule has 2 N–H and O–H groups in total. The number of aromatic amines is 1. The van der Waals surface area contributed by atoms with E-state index in [2.05, 4.69) is 26.6 Å². The molecule has 0 saturated carbocycles. The fourth-order valence-electron chi connectivity index (χ4n) is 2.46. The fourth-order valence-corrected chi connectivity index (χ4v) is 2.46. The van der Waals surface area contributed by atoms with Crippen LogP contribution in [0.5, 0.6) is 0 Å². The van der Waals surface area contributed by atoms with Crippen molar-refractivity contribution in [2.45, 2.75) is 12.5 Å². The van der Waals surface area contributed by atoms with Crippen LogP contribution in [0.25, 0.3) is 0 Å². The first-order chi connectivity index (χ1) is 9.86. The number of anilines is 1. The Morgan fingerprint density at radius 2 is 2.50 bits per heavy atom. The van der Waals surface area contributed by atoms with Crippen molar-refractivity contribution in [2.24, 2.45) is 5.92 Å². The van der Waals surface area contributed by atoms with Crippen LogP contribution in [0, 0.1) is 17.2 Å². The molecule has 0 aromatic carbocycles. The molecule has 0 spiro atoms. The topological polar surface area (TPSA) is 86.6 Å². The van der Waals surface area contributed by atoms with Crippen LogP contribution in [-0.4, -0.2) is 28.3 Å². The Bertz CT molecular complexity index is 604. The molecule has 1 aliphatic rings. The normalized spacial score (nSPS) is 21.6. The predicted octanol–water partition coefficient (Wildman–Crippen LogP) is 1.87. The van der Waals surface area contributed by atoms with Gasteiger partial charge in [0.1, 0.15) is 5.82 Å². The predicted molar refractivity (Wildman–Crippen MR) is 72.8 cm³/mol. The molecule has 6 heteroatoms. The van der Waals surface area contributed by atoms with Crippen LogP contribution in [0.15, 0.2) is 30.7 Å². The molecule has 0 unspecified atom stereocenters. The lowest BCUT2D eigenvalue weighted by Crippen LogP contribution is -2.18. The van der Waals surface area contributed by atoms with Gasteiger partial charge in [0.25, 0.3) is 0 Å². The molecule has 3 heterocycles. The van der Waals surface area contributed by atoms with Crippen molar-refractivity contribution in [3.63, 3.8) is 0 Å². The molecule has 20 heavy (non-hydrogen) atoms. The summed E-state index contributed by atoms with van der Waals surface area (Å²) in [6.07, 6.45) is 6.38. The molecule has 2 atom stereocenters. The summed E-state index contributed by atoms with van der Waals surface area (Å²) < 4.78 is 5.77. The number of H-pyrrole nitrogens is 1. The maximum Gasteiger partial charge on any atom is 0.127 e. The molecule has 6 nitrogen and oxygen atoms in total. The average Bonchev–Trinajstić information content (AvgIpc) is 3.16. The molecule has 2 aromatic heterocycles. The monoisotopic (exact) mass is 269 g/mol. The molecule has 2 aromatic rings. The van der Waals surface area contributed by atoms with Crippen molar-refractivity contribution < 1.29 is 4.74 Å². The number of hydrogen-bond acceptors (Lipinski definition) is 5. The molecule has 0 aliphatic carbocycles. The summed E-state index contributed by atoms with van der Waals surface area (Å²) in [6.45, 7) is 1.52. The number of rotatable bonds is 4. The number of nitrogens with zero attached hydrogens (tertiary/aromatic N) is 3. The summed E-state index contributed by atoms with van der Waals surface area (Å²) in [5.74, 6) is 1.10. The Balaban J connectivity index is 1.64. The lowest BCUT2D eigenvalue weighted by molar-refractivity contribution is 0.0933. The van der Waals surface area contributed by atoms with Crippen molar-refractivity contribution in [2.75, 3.05) is 18.5 Å². The van der Waals surface area contributed by atoms with E-state index in [1.165, 1.54) is 0 Å². The Kier molecular flexibility index (Phi) is 3.61. The lowest BCUT2D eigenvalue weighted by Gasteiger charge is -2.18. The summed E-state index contributed by atoms with van der Waals surface area (Å²) in [7, 11) is 0. The van der Waals surface area contributed by atoms with Crippen LogP contribution in [0.4, 0.5) is 5.82 Å². The van der Waals surface area contributed by atoms with Crippen molar-refractivity contribution in [3.05, 3.63) is 41.9 Å². The summed E-state index contributed by atoms with van der Waals surface area (Å²) in [5, 5.41) is 18.9. The van der Waals surface area contributed by atoms with E-state index < -0.39 is 0 Å². The smallest absolute Gasteiger partial charge is 0.127 e. The van der Waals surface area contributed by atoms with Gasteiger partial charge in [-0.1, -0.05) is 0 Å². The highest BCUT2D eigenvalue weighted by molar-refractivity contribution is 5.42. The average molecular weight is 269 g/mol. The second-order valence-corrected chi connectivity index (χ2v) is 4.79. The lowest BCUT2D eigenvalue weighted by atomic mass is 9.97. The highest BCUT2D eigenvalue weighted by Crippen LogP contribution is 2.33. The van der Waals surface area contributed by atoms with Crippen LogP contribution in [0.2, 0.25) is 0 Å². The van der Waals surface area contributed by atoms with E-state index in [0.717, 1.165) is 31.0 Å². The van der Waals surface area contributed by atoms with Crippen molar-refractivity contribution in [1.82, 2.24) is 15.2 Å². The number of nitriles is 1. The molecule has 1 fully saturated rings. The standard InChI is InChI=1S/C14H15N5O/c15-6-10-1-3-16-13(5-10)17-7-11-2-4-20-14(11)12-8-18-19-9-12/h1,3,5,8-9,11,14H,2,4,7H2,(H,16,17)(H,18,19)/t11-,14+/m1/s1. The van der Waals surface area contributed by atoms with E-state index >= 15 is 0 Å². The van der Waals surface area contributed by atoms with Gasteiger partial charge < -0.3 is 10.1 Å². The highest BCUT2D eigenvalue weighted by Gasteiger charge is 2.30. The van der Waals surface area contributed by atoms with Gasteiger partial charge in [0, 0.05) is 37.0 Å². The van der Waals surface area contributed by atoms with Gasteiger partial charge in [0.05, 0.1) is 23.9 Å². The molecule has 0 bridgehead atoms. The Hall–Kier alpha value is -2.39. The van der Waals surface area contributed by atoms with E-state index in [1.807, 2.05) is 6.20 Å². The molecular formula is C14H15N5O. The number of nitrogens with one attached hydrogen (secondary N) is 2. The minimum atomic E-state index is 0.0698. The Morgan fingerprint density at radius 3 is 3.30 bits per heavy atom. The van der Waals surface area contributed by atoms with E-state index in [1.54, 1.807) is 24.5 Å². The molecule has 1 saturated heterocycles. The quantitative estimate of drug-likeness (QED) is 0.884. The zero-order chi connectivity index (χ0) is 13.8. The maximum atomic E-state index is 8.87. The van der Waals surface area contributed by atoms with Gasteiger partial charge in [0.2, 0.25) is 0 Å². The molecule has 102 valence electrons. The van der Waals surface area contributed by atoms with Gasteiger partial charge in [-0.2, -0.15) is 10.4 Å². The highest BCUT2D eigenvalue weighted by atomic mass is 16.5. The van der Waals surface area contributed by atoms with Crippen LogP contribution in [-0.2, 0) is 4.74 Å². The minimum Gasteiger partial charge on any atom is -0.373 e. The largest absolute Gasteiger partial charge is 0.373 e. The summed E-state index contributed by atoms with van der Waals surface area (Å²) >= 11 is 0. The zero-order valence-corrected chi connectivity index (χ0v) is 10.9.